The summed E-state index contributed by atoms with van der Waals surface area (Å²) < 4.78 is 0. The van der Waals surface area contributed by atoms with Crippen LogP contribution in [0.25, 0.3) is 0 Å². The molecule has 0 bridgehead atoms. The van der Waals surface area contributed by atoms with E-state index in [-0.39, 0.29) is 11.3 Å². The van der Waals surface area contributed by atoms with E-state index in [1.807, 2.05) is 18.2 Å². The largest absolute Gasteiger partial charge is 0.343 e. The molecule has 0 unspecified atom stereocenters. The van der Waals surface area contributed by atoms with Crippen LogP contribution in [-0.2, 0) is 17.8 Å². The molecule has 0 saturated heterocycles. The Balaban J connectivity index is 1.61. The maximum absolute atomic E-state index is 11.3. The maximum atomic E-state index is 11.3. The predicted octanol–water partition coefficient (Wildman–Crippen LogP) is 5.16. The number of anilines is 2. The number of para-hydroxylation sites is 1. The molecule has 0 radical (unpaired) electrons. The van der Waals surface area contributed by atoms with Crippen molar-refractivity contribution in [2.45, 2.75) is 52.0 Å². The number of carbonyl (C=O) groups excluding carboxylic acids is 1. The summed E-state index contributed by atoms with van der Waals surface area (Å²) in [6.07, 6.45) is 7.39. The summed E-state index contributed by atoms with van der Waals surface area (Å²) in [4.78, 5) is 16.3. The Bertz CT molecular complexity index is 865. The zero-order valence-electron chi connectivity index (χ0n) is 15.9. The van der Waals surface area contributed by atoms with Gasteiger partial charge in [0, 0.05) is 23.7 Å². The molecule has 2 N–H and O–H groups in total. The van der Waals surface area contributed by atoms with E-state index in [0.29, 0.717) is 6.54 Å². The highest BCUT2D eigenvalue weighted by Gasteiger charge is 2.40. The van der Waals surface area contributed by atoms with Crippen molar-refractivity contribution in [2.75, 3.05) is 10.6 Å². The van der Waals surface area contributed by atoms with Crippen LogP contribution in [0.1, 0.15) is 50.2 Å². The third-order valence-electron chi connectivity index (χ3n) is 5.78. The van der Waals surface area contributed by atoms with E-state index in [4.69, 9.17) is 4.99 Å². The fourth-order valence-electron chi connectivity index (χ4n) is 4.48. The Morgan fingerprint density at radius 2 is 1.93 bits per heavy atom. The molecule has 1 aliphatic heterocycles. The molecular formula is C23H27N3O. The number of amides is 1. The molecule has 1 heterocycles. The number of fused-ring (bicyclic) bond motifs is 1. The number of hydrogen-bond donors (Lipinski definition) is 2. The minimum Gasteiger partial charge on any atom is -0.343 e. The molecule has 2 aromatic rings. The lowest BCUT2D eigenvalue weighted by atomic mass is 9.67. The van der Waals surface area contributed by atoms with Gasteiger partial charge in [-0.15, -0.1) is 0 Å². The fraction of sp³-hybridized carbons (Fsp3) is 0.391. The van der Waals surface area contributed by atoms with Crippen molar-refractivity contribution >= 4 is 23.1 Å². The molecule has 140 valence electrons. The molecule has 1 saturated carbocycles. The highest BCUT2D eigenvalue weighted by molar-refractivity contribution is 6.02. The van der Waals surface area contributed by atoms with Crippen LogP contribution >= 0.6 is 0 Å². The summed E-state index contributed by atoms with van der Waals surface area (Å²) in [5, 5.41) is 6.50. The van der Waals surface area contributed by atoms with E-state index >= 15 is 0 Å². The van der Waals surface area contributed by atoms with Crippen LogP contribution < -0.4 is 10.6 Å². The second kappa shape index (κ2) is 7.55. The molecule has 1 aliphatic carbocycles. The SMILES string of the molecule is CC(=O)Nc1cccc(CN=C2Nc3ccccc3CC23CCCCC3)c1. The molecule has 0 aromatic heterocycles. The first-order chi connectivity index (χ1) is 13.1. The predicted molar refractivity (Wildman–Crippen MR) is 111 cm³/mol. The van der Waals surface area contributed by atoms with Gasteiger partial charge in [0.1, 0.15) is 5.84 Å². The highest BCUT2D eigenvalue weighted by atomic mass is 16.1. The summed E-state index contributed by atoms with van der Waals surface area (Å²) in [5.41, 5.74) is 4.70. The Hall–Kier alpha value is -2.62. The normalized spacial score (nSPS) is 19.4. The minimum absolute atomic E-state index is 0.0508. The van der Waals surface area contributed by atoms with Crippen molar-refractivity contribution in [3.05, 3.63) is 59.7 Å². The summed E-state index contributed by atoms with van der Waals surface area (Å²) >= 11 is 0. The van der Waals surface area contributed by atoms with Gasteiger partial charge >= 0.3 is 0 Å². The molecule has 4 rings (SSSR count). The van der Waals surface area contributed by atoms with E-state index < -0.39 is 0 Å². The zero-order chi connectivity index (χ0) is 18.7. The zero-order valence-corrected chi connectivity index (χ0v) is 15.9. The second-order valence-corrected chi connectivity index (χ2v) is 7.85. The molecule has 2 aromatic carbocycles. The summed E-state index contributed by atoms with van der Waals surface area (Å²) in [5.74, 6) is 1.09. The summed E-state index contributed by atoms with van der Waals surface area (Å²) in [6.45, 7) is 2.16. The van der Waals surface area contributed by atoms with Gasteiger partial charge in [-0.2, -0.15) is 0 Å². The quantitative estimate of drug-likeness (QED) is 0.793. The first kappa shape index (κ1) is 17.8. The molecule has 2 aliphatic rings. The van der Waals surface area contributed by atoms with Gasteiger partial charge in [0.05, 0.1) is 6.54 Å². The van der Waals surface area contributed by atoms with E-state index in [0.717, 1.165) is 23.5 Å². The van der Waals surface area contributed by atoms with E-state index in [1.165, 1.54) is 50.3 Å². The fourth-order valence-corrected chi connectivity index (χ4v) is 4.48. The number of carbonyl (C=O) groups is 1. The summed E-state index contributed by atoms with van der Waals surface area (Å²) in [6, 6.07) is 16.6. The van der Waals surface area contributed by atoms with Crippen LogP contribution in [0.4, 0.5) is 11.4 Å². The van der Waals surface area contributed by atoms with Crippen LogP contribution in [0, 0.1) is 5.41 Å². The maximum Gasteiger partial charge on any atom is 0.221 e. The standard InChI is InChI=1S/C23H27N3O/c1-17(27)25-20-10-7-8-18(14-20)16-24-22-23(12-5-2-6-13-23)15-19-9-3-4-11-21(19)26-22/h3-4,7-11,14H,2,5-6,12-13,15-16H2,1H3,(H,24,26)(H,25,27). The average Bonchev–Trinajstić information content (AvgIpc) is 2.67. The Morgan fingerprint density at radius 3 is 2.74 bits per heavy atom. The van der Waals surface area contributed by atoms with Crippen molar-refractivity contribution < 1.29 is 4.79 Å². The number of hydrogen-bond acceptors (Lipinski definition) is 2. The number of rotatable bonds is 3. The topological polar surface area (TPSA) is 53.5 Å². The van der Waals surface area contributed by atoms with Crippen molar-refractivity contribution in [1.29, 1.82) is 0 Å². The van der Waals surface area contributed by atoms with Crippen LogP contribution in [0.15, 0.2) is 53.5 Å². The molecule has 0 atom stereocenters. The van der Waals surface area contributed by atoms with E-state index in [1.54, 1.807) is 0 Å². The van der Waals surface area contributed by atoms with Crippen molar-refractivity contribution in [1.82, 2.24) is 0 Å². The second-order valence-electron chi connectivity index (χ2n) is 7.85. The minimum atomic E-state index is -0.0508. The van der Waals surface area contributed by atoms with Gasteiger partial charge in [0.15, 0.2) is 0 Å². The number of aliphatic imine (C=N–C) groups is 1. The van der Waals surface area contributed by atoms with Crippen LogP contribution in [0.5, 0.6) is 0 Å². The number of benzene rings is 2. The van der Waals surface area contributed by atoms with Gasteiger partial charge in [-0.25, -0.2) is 0 Å². The van der Waals surface area contributed by atoms with Crippen LogP contribution in [-0.4, -0.2) is 11.7 Å². The van der Waals surface area contributed by atoms with Gasteiger partial charge < -0.3 is 10.6 Å². The lowest BCUT2D eigenvalue weighted by Crippen LogP contribution is -2.43. The number of nitrogens with one attached hydrogen (secondary N) is 2. The molecule has 1 spiro atoms. The Morgan fingerprint density at radius 1 is 1.11 bits per heavy atom. The summed E-state index contributed by atoms with van der Waals surface area (Å²) in [7, 11) is 0. The van der Waals surface area contributed by atoms with E-state index in [2.05, 4.69) is 41.0 Å². The molecule has 4 nitrogen and oxygen atoms in total. The third-order valence-corrected chi connectivity index (χ3v) is 5.78. The molecule has 1 amide bonds. The Kier molecular flexibility index (Phi) is 4.97. The molecule has 27 heavy (non-hydrogen) atoms. The monoisotopic (exact) mass is 361 g/mol. The van der Waals surface area contributed by atoms with Gasteiger partial charge in [0.2, 0.25) is 5.91 Å². The number of amidine groups is 1. The molecule has 1 fully saturated rings. The first-order valence-electron chi connectivity index (χ1n) is 9.91. The van der Waals surface area contributed by atoms with Crippen LogP contribution in [0.3, 0.4) is 0 Å². The first-order valence-corrected chi connectivity index (χ1v) is 9.91. The van der Waals surface area contributed by atoms with Gasteiger partial charge in [0.25, 0.3) is 0 Å². The Labute approximate surface area is 161 Å². The molecule has 4 heteroatoms. The molecular weight excluding hydrogens is 334 g/mol. The lowest BCUT2D eigenvalue weighted by Gasteiger charge is -2.42. The van der Waals surface area contributed by atoms with Gasteiger partial charge in [-0.3, -0.25) is 9.79 Å². The highest BCUT2D eigenvalue weighted by Crippen LogP contribution is 2.45. The number of nitrogens with zero attached hydrogens (tertiary/aromatic N) is 1. The van der Waals surface area contributed by atoms with Gasteiger partial charge in [-0.1, -0.05) is 49.6 Å². The van der Waals surface area contributed by atoms with Crippen molar-refractivity contribution in [3.8, 4) is 0 Å². The van der Waals surface area contributed by atoms with Crippen LogP contribution in [0.2, 0.25) is 0 Å². The third kappa shape index (κ3) is 3.90. The van der Waals surface area contributed by atoms with Crippen molar-refractivity contribution in [3.63, 3.8) is 0 Å². The van der Waals surface area contributed by atoms with Gasteiger partial charge in [-0.05, 0) is 48.6 Å². The smallest absolute Gasteiger partial charge is 0.221 e. The van der Waals surface area contributed by atoms with E-state index in [9.17, 15) is 4.79 Å². The average molecular weight is 361 g/mol. The van der Waals surface area contributed by atoms with Crippen molar-refractivity contribution in [2.24, 2.45) is 10.4 Å². The lowest BCUT2D eigenvalue weighted by molar-refractivity contribution is -0.114.